The van der Waals surface area contributed by atoms with Crippen LogP contribution in [0.2, 0.25) is 5.02 Å². The zero-order valence-corrected chi connectivity index (χ0v) is 17.8. The van der Waals surface area contributed by atoms with Gasteiger partial charge in [-0.15, -0.1) is 0 Å². The van der Waals surface area contributed by atoms with Crippen LogP contribution in [-0.4, -0.2) is 18.5 Å². The van der Waals surface area contributed by atoms with Crippen LogP contribution in [-0.2, 0) is 10.0 Å². The maximum atomic E-state index is 13.4. The van der Waals surface area contributed by atoms with E-state index >= 15 is 0 Å². The van der Waals surface area contributed by atoms with E-state index in [-0.39, 0.29) is 4.90 Å². The number of hydrogen-bond acceptors (Lipinski definition) is 3. The Morgan fingerprint density at radius 3 is 2.10 bits per heavy atom. The van der Waals surface area contributed by atoms with Crippen molar-refractivity contribution >= 4 is 27.3 Å². The Morgan fingerprint density at radius 1 is 0.897 bits per heavy atom. The molecule has 0 aliphatic carbocycles. The molecule has 1 aliphatic rings. The molecule has 0 amide bonds. The highest BCUT2D eigenvalue weighted by Crippen LogP contribution is 2.39. The third-order valence-corrected chi connectivity index (χ3v) is 7.13. The van der Waals surface area contributed by atoms with Crippen LogP contribution in [0.4, 0.5) is 0 Å². The topological polar surface area (TPSA) is 49.7 Å². The van der Waals surface area contributed by atoms with Gasteiger partial charge in [0.15, 0.2) is 0 Å². The lowest BCUT2D eigenvalue weighted by Gasteiger charge is -2.24. The minimum atomic E-state index is -3.83. The first-order valence-electron chi connectivity index (χ1n) is 9.36. The molecule has 4 rings (SSSR count). The smallest absolute Gasteiger partial charge is 0.200 e. The summed E-state index contributed by atoms with van der Waals surface area (Å²) in [5, 5.41) is 5.09. The van der Waals surface area contributed by atoms with Crippen molar-refractivity contribution in [3.8, 4) is 0 Å². The predicted octanol–water partition coefficient (Wildman–Crippen LogP) is 5.50. The fourth-order valence-electron chi connectivity index (χ4n) is 3.43. The zero-order chi connectivity index (χ0) is 20.6. The van der Waals surface area contributed by atoms with Crippen molar-refractivity contribution in [1.29, 1.82) is 0 Å². The first kappa shape index (κ1) is 19.7. The molecule has 148 valence electrons. The van der Waals surface area contributed by atoms with Crippen molar-refractivity contribution in [3.63, 3.8) is 0 Å². The molecule has 1 aliphatic heterocycles. The van der Waals surface area contributed by atoms with E-state index in [1.54, 1.807) is 30.3 Å². The molecule has 0 bridgehead atoms. The van der Waals surface area contributed by atoms with Crippen LogP contribution in [0.15, 0.2) is 82.8 Å². The van der Waals surface area contributed by atoms with E-state index in [2.05, 4.69) is 5.10 Å². The summed E-state index contributed by atoms with van der Waals surface area (Å²) in [5.41, 5.74) is 4.52. The van der Waals surface area contributed by atoms with Gasteiger partial charge in [-0.2, -0.15) is 17.9 Å². The summed E-state index contributed by atoms with van der Waals surface area (Å²) in [7, 11) is -3.83. The van der Waals surface area contributed by atoms with Gasteiger partial charge in [0.2, 0.25) is 0 Å². The van der Waals surface area contributed by atoms with Crippen molar-refractivity contribution in [2.75, 3.05) is 0 Å². The molecule has 0 N–H and O–H groups in total. The summed E-state index contributed by atoms with van der Waals surface area (Å²) in [6, 6.07) is 21.6. The zero-order valence-electron chi connectivity index (χ0n) is 16.2. The first-order valence-corrected chi connectivity index (χ1v) is 11.2. The molecule has 4 nitrogen and oxygen atoms in total. The average molecular weight is 425 g/mol. The van der Waals surface area contributed by atoms with Crippen LogP contribution in [0.25, 0.3) is 0 Å². The Labute approximate surface area is 176 Å². The Hall–Kier alpha value is -2.63. The molecule has 29 heavy (non-hydrogen) atoms. The second-order valence-electron chi connectivity index (χ2n) is 7.24. The number of sulfonamides is 1. The van der Waals surface area contributed by atoms with Gasteiger partial charge in [0.05, 0.1) is 16.6 Å². The molecule has 1 heterocycles. The van der Waals surface area contributed by atoms with Crippen LogP contribution < -0.4 is 0 Å². The highest BCUT2D eigenvalue weighted by molar-refractivity contribution is 7.89. The number of aryl methyl sites for hydroxylation is 2. The fourth-order valence-corrected chi connectivity index (χ4v) is 5.11. The molecule has 3 aromatic carbocycles. The SMILES string of the molecule is Cc1ccc(C2=NN(S(=O)(=O)c3ccc(C)cc3)[C@@H](c3ccccc3Cl)C2)cc1. The quantitative estimate of drug-likeness (QED) is 0.555. The van der Waals surface area contributed by atoms with Crippen molar-refractivity contribution in [2.45, 2.75) is 31.2 Å². The third-order valence-electron chi connectivity index (χ3n) is 5.09. The largest absolute Gasteiger partial charge is 0.279 e. The Kier molecular flexibility index (Phi) is 5.19. The molecule has 0 radical (unpaired) electrons. The fraction of sp³-hybridized carbons (Fsp3) is 0.174. The van der Waals surface area contributed by atoms with Crippen molar-refractivity contribution in [1.82, 2.24) is 4.41 Å². The average Bonchev–Trinajstić information content (AvgIpc) is 3.15. The van der Waals surface area contributed by atoms with E-state index < -0.39 is 16.1 Å². The lowest BCUT2D eigenvalue weighted by molar-refractivity contribution is 0.371. The standard InChI is InChI=1S/C23H21ClN2O2S/c1-16-7-11-18(12-8-16)22-15-23(20-5-3-4-6-21(20)24)26(25-22)29(27,28)19-13-9-17(2)10-14-19/h3-14,23H,15H2,1-2H3/t23-/m1/s1. The van der Waals surface area contributed by atoms with Crippen LogP contribution in [0.5, 0.6) is 0 Å². The van der Waals surface area contributed by atoms with Crippen LogP contribution in [0.1, 0.15) is 34.7 Å². The number of halogens is 1. The van der Waals surface area contributed by atoms with E-state index in [9.17, 15) is 8.42 Å². The van der Waals surface area contributed by atoms with E-state index in [1.165, 1.54) is 4.41 Å². The van der Waals surface area contributed by atoms with Gasteiger partial charge >= 0.3 is 0 Å². The number of hydrogen-bond donors (Lipinski definition) is 0. The molecule has 3 aromatic rings. The van der Waals surface area contributed by atoms with Gasteiger partial charge in [0, 0.05) is 11.4 Å². The van der Waals surface area contributed by atoms with Crippen molar-refractivity contribution < 1.29 is 8.42 Å². The van der Waals surface area contributed by atoms with Gasteiger partial charge in [-0.3, -0.25) is 0 Å². The molecule has 6 heteroatoms. The Bertz CT molecular complexity index is 1170. The molecule has 0 aromatic heterocycles. The summed E-state index contributed by atoms with van der Waals surface area (Å²) in [6.07, 6.45) is 0.456. The van der Waals surface area contributed by atoms with Gasteiger partial charge in [0.1, 0.15) is 0 Å². The van der Waals surface area contributed by atoms with Crippen LogP contribution in [0.3, 0.4) is 0 Å². The number of nitrogens with zero attached hydrogens (tertiary/aromatic N) is 2. The minimum absolute atomic E-state index is 0.217. The summed E-state index contributed by atoms with van der Waals surface area (Å²) in [6.45, 7) is 3.94. The summed E-state index contributed by atoms with van der Waals surface area (Å²) in [4.78, 5) is 0.217. The molecular formula is C23H21ClN2O2S. The maximum absolute atomic E-state index is 13.4. The molecule has 0 spiro atoms. The van der Waals surface area contributed by atoms with Gasteiger partial charge in [-0.05, 0) is 43.2 Å². The highest BCUT2D eigenvalue weighted by atomic mass is 35.5. The van der Waals surface area contributed by atoms with Crippen molar-refractivity contribution in [2.24, 2.45) is 5.10 Å². The summed E-state index contributed by atoms with van der Waals surface area (Å²) in [5.74, 6) is 0. The second-order valence-corrected chi connectivity index (χ2v) is 9.45. The summed E-state index contributed by atoms with van der Waals surface area (Å²) >= 11 is 6.43. The molecular weight excluding hydrogens is 404 g/mol. The number of rotatable bonds is 4. The Balaban J connectivity index is 1.82. The van der Waals surface area contributed by atoms with Gasteiger partial charge in [-0.1, -0.05) is 77.3 Å². The third kappa shape index (κ3) is 3.80. The van der Waals surface area contributed by atoms with Crippen LogP contribution in [0, 0.1) is 13.8 Å². The summed E-state index contributed by atoms with van der Waals surface area (Å²) < 4.78 is 28.1. The highest BCUT2D eigenvalue weighted by Gasteiger charge is 2.38. The van der Waals surface area contributed by atoms with Crippen molar-refractivity contribution in [3.05, 3.63) is 100 Å². The van der Waals surface area contributed by atoms with E-state index in [0.29, 0.717) is 11.4 Å². The molecule has 0 unspecified atom stereocenters. The van der Waals surface area contributed by atoms with E-state index in [0.717, 1.165) is 28.0 Å². The Morgan fingerprint density at radius 2 is 1.48 bits per heavy atom. The predicted molar refractivity (Wildman–Crippen MR) is 117 cm³/mol. The molecule has 0 saturated carbocycles. The van der Waals surface area contributed by atoms with Crippen LogP contribution >= 0.6 is 11.6 Å². The maximum Gasteiger partial charge on any atom is 0.279 e. The van der Waals surface area contributed by atoms with E-state index in [1.807, 2.05) is 56.3 Å². The van der Waals surface area contributed by atoms with E-state index in [4.69, 9.17) is 11.6 Å². The second kappa shape index (κ2) is 7.65. The number of hydrazone groups is 1. The lowest BCUT2D eigenvalue weighted by atomic mass is 9.98. The lowest BCUT2D eigenvalue weighted by Crippen LogP contribution is -2.27. The first-order chi connectivity index (χ1) is 13.9. The number of benzene rings is 3. The normalized spacial score (nSPS) is 16.7. The van der Waals surface area contributed by atoms with Gasteiger partial charge in [0.25, 0.3) is 10.0 Å². The van der Waals surface area contributed by atoms with Gasteiger partial charge < -0.3 is 0 Å². The van der Waals surface area contributed by atoms with Gasteiger partial charge in [-0.25, -0.2) is 0 Å². The molecule has 0 fully saturated rings. The molecule has 0 saturated heterocycles. The minimum Gasteiger partial charge on any atom is -0.200 e. The molecule has 1 atom stereocenters. The monoisotopic (exact) mass is 424 g/mol.